The summed E-state index contributed by atoms with van der Waals surface area (Å²) in [7, 11) is 1.95. The van der Waals surface area contributed by atoms with Crippen molar-refractivity contribution < 1.29 is 0 Å². The summed E-state index contributed by atoms with van der Waals surface area (Å²) in [6.45, 7) is 2.93. The third-order valence-electron chi connectivity index (χ3n) is 3.96. The van der Waals surface area contributed by atoms with Crippen LogP contribution in [0, 0.1) is 0 Å². The Bertz CT molecular complexity index is 738. The second kappa shape index (κ2) is 5.74. The molecule has 21 heavy (non-hydrogen) atoms. The van der Waals surface area contributed by atoms with Crippen molar-refractivity contribution in [2.45, 2.75) is 32.4 Å². The number of hydrogen-bond donors (Lipinski definition) is 1. The Balaban J connectivity index is 1.90. The van der Waals surface area contributed by atoms with Gasteiger partial charge in [0.1, 0.15) is 0 Å². The minimum atomic E-state index is 0.238. The molecular weight excluding hydrogens is 260 g/mol. The van der Waals surface area contributed by atoms with Crippen molar-refractivity contribution >= 4 is 10.9 Å². The van der Waals surface area contributed by atoms with Crippen LogP contribution in [0.1, 0.15) is 24.6 Å². The molecule has 2 N–H and O–H groups in total. The van der Waals surface area contributed by atoms with Gasteiger partial charge in [-0.2, -0.15) is 5.10 Å². The van der Waals surface area contributed by atoms with Gasteiger partial charge in [0, 0.05) is 31.0 Å². The van der Waals surface area contributed by atoms with Crippen LogP contribution >= 0.6 is 0 Å². The zero-order valence-electron chi connectivity index (χ0n) is 12.7. The maximum atomic E-state index is 6.07. The van der Waals surface area contributed by atoms with Gasteiger partial charge in [-0.25, -0.2) is 0 Å². The number of hydrogen-bond acceptors (Lipinski definition) is 2. The molecule has 1 aromatic carbocycles. The second-order valence-corrected chi connectivity index (χ2v) is 5.69. The number of benzene rings is 1. The van der Waals surface area contributed by atoms with Gasteiger partial charge in [0.05, 0.1) is 12.2 Å². The summed E-state index contributed by atoms with van der Waals surface area (Å²) >= 11 is 0. The summed E-state index contributed by atoms with van der Waals surface area (Å²) < 4.78 is 4.09. The lowest BCUT2D eigenvalue weighted by molar-refractivity contribution is 0.646. The Morgan fingerprint density at radius 1 is 1.19 bits per heavy atom. The standard InChI is InChI=1S/C17H22N4/c1-3-15(18)10-13-4-5-14-6-9-21(17(14)11-13)12-16-7-8-20(2)19-16/h4-9,11,15H,3,10,12,18H2,1-2H3. The zero-order valence-corrected chi connectivity index (χ0v) is 12.7. The molecule has 1 atom stereocenters. The Morgan fingerprint density at radius 2 is 2.05 bits per heavy atom. The summed E-state index contributed by atoms with van der Waals surface area (Å²) in [5, 5.41) is 5.72. The highest BCUT2D eigenvalue weighted by Crippen LogP contribution is 2.19. The fourth-order valence-corrected chi connectivity index (χ4v) is 2.66. The molecule has 0 aliphatic carbocycles. The van der Waals surface area contributed by atoms with Crippen molar-refractivity contribution in [1.29, 1.82) is 0 Å². The second-order valence-electron chi connectivity index (χ2n) is 5.69. The molecule has 1 unspecified atom stereocenters. The van der Waals surface area contributed by atoms with Crippen LogP contribution in [0.4, 0.5) is 0 Å². The third kappa shape index (κ3) is 3.00. The number of nitrogens with two attached hydrogens (primary N) is 1. The van der Waals surface area contributed by atoms with Crippen molar-refractivity contribution in [3.8, 4) is 0 Å². The van der Waals surface area contributed by atoms with E-state index in [-0.39, 0.29) is 6.04 Å². The van der Waals surface area contributed by atoms with E-state index < -0.39 is 0 Å². The first-order valence-electron chi connectivity index (χ1n) is 7.47. The van der Waals surface area contributed by atoms with Gasteiger partial charge in [0.25, 0.3) is 0 Å². The molecule has 2 aromatic heterocycles. The average Bonchev–Trinajstić information content (AvgIpc) is 3.06. The Labute approximate surface area is 125 Å². The first kappa shape index (κ1) is 13.9. The lowest BCUT2D eigenvalue weighted by Gasteiger charge is -2.10. The fourth-order valence-electron chi connectivity index (χ4n) is 2.66. The molecule has 0 aliphatic rings. The van der Waals surface area contributed by atoms with Crippen molar-refractivity contribution in [3.63, 3.8) is 0 Å². The monoisotopic (exact) mass is 282 g/mol. The van der Waals surface area contributed by atoms with E-state index in [0.717, 1.165) is 25.1 Å². The molecule has 0 amide bonds. The molecule has 0 fully saturated rings. The minimum Gasteiger partial charge on any atom is -0.341 e. The molecule has 0 spiro atoms. The minimum absolute atomic E-state index is 0.238. The smallest absolute Gasteiger partial charge is 0.0821 e. The van der Waals surface area contributed by atoms with E-state index in [4.69, 9.17) is 5.73 Å². The van der Waals surface area contributed by atoms with Crippen molar-refractivity contribution in [1.82, 2.24) is 14.3 Å². The predicted octanol–water partition coefficient (Wildman–Crippen LogP) is 2.70. The van der Waals surface area contributed by atoms with E-state index in [1.54, 1.807) is 0 Å². The molecule has 3 aromatic rings. The van der Waals surface area contributed by atoms with Crippen LogP contribution in [0.3, 0.4) is 0 Å². The molecule has 3 rings (SSSR count). The van der Waals surface area contributed by atoms with E-state index in [1.165, 1.54) is 16.5 Å². The van der Waals surface area contributed by atoms with Crippen molar-refractivity contribution in [2.75, 3.05) is 0 Å². The van der Waals surface area contributed by atoms with Crippen LogP contribution in [0.15, 0.2) is 42.7 Å². The van der Waals surface area contributed by atoms with Crippen LogP contribution in [-0.2, 0) is 20.0 Å². The summed E-state index contributed by atoms with van der Waals surface area (Å²) in [6, 6.07) is 11.1. The quantitative estimate of drug-likeness (QED) is 0.782. The molecular formula is C17H22N4. The van der Waals surface area contributed by atoms with Crippen molar-refractivity contribution in [2.24, 2.45) is 12.8 Å². The van der Waals surface area contributed by atoms with Gasteiger partial charge in [-0.1, -0.05) is 19.1 Å². The number of aryl methyl sites for hydroxylation is 1. The topological polar surface area (TPSA) is 48.8 Å². The molecule has 4 nitrogen and oxygen atoms in total. The Morgan fingerprint density at radius 3 is 2.76 bits per heavy atom. The maximum absolute atomic E-state index is 6.07. The molecule has 110 valence electrons. The average molecular weight is 282 g/mol. The molecule has 4 heteroatoms. The van der Waals surface area contributed by atoms with Gasteiger partial charge in [-0.15, -0.1) is 0 Å². The Hall–Kier alpha value is -2.07. The molecule has 0 saturated carbocycles. The highest BCUT2D eigenvalue weighted by atomic mass is 15.3. The number of rotatable bonds is 5. The van der Waals surface area contributed by atoms with E-state index in [1.807, 2.05) is 17.9 Å². The van der Waals surface area contributed by atoms with Crippen LogP contribution in [-0.4, -0.2) is 20.4 Å². The highest BCUT2D eigenvalue weighted by molar-refractivity contribution is 5.81. The van der Waals surface area contributed by atoms with E-state index in [0.29, 0.717) is 0 Å². The lowest BCUT2D eigenvalue weighted by Crippen LogP contribution is -2.21. The summed E-state index contributed by atoms with van der Waals surface area (Å²) in [4.78, 5) is 0. The van der Waals surface area contributed by atoms with Gasteiger partial charge < -0.3 is 10.3 Å². The zero-order chi connectivity index (χ0) is 14.8. The van der Waals surface area contributed by atoms with Crippen LogP contribution in [0.25, 0.3) is 10.9 Å². The van der Waals surface area contributed by atoms with E-state index >= 15 is 0 Å². The largest absolute Gasteiger partial charge is 0.341 e. The number of nitrogens with zero attached hydrogens (tertiary/aromatic N) is 3. The van der Waals surface area contributed by atoms with Gasteiger partial charge >= 0.3 is 0 Å². The first-order valence-corrected chi connectivity index (χ1v) is 7.47. The van der Waals surface area contributed by atoms with Crippen LogP contribution < -0.4 is 5.73 Å². The summed E-state index contributed by atoms with van der Waals surface area (Å²) in [6.07, 6.45) is 6.05. The van der Waals surface area contributed by atoms with E-state index in [9.17, 15) is 0 Å². The van der Waals surface area contributed by atoms with E-state index in [2.05, 4.69) is 53.1 Å². The Kier molecular flexibility index (Phi) is 3.80. The highest BCUT2D eigenvalue weighted by Gasteiger charge is 2.07. The van der Waals surface area contributed by atoms with Gasteiger partial charge in [-0.3, -0.25) is 4.68 Å². The summed E-state index contributed by atoms with van der Waals surface area (Å²) in [5.41, 5.74) is 9.70. The molecule has 0 aliphatic heterocycles. The van der Waals surface area contributed by atoms with Crippen LogP contribution in [0.5, 0.6) is 0 Å². The lowest BCUT2D eigenvalue weighted by atomic mass is 10.0. The van der Waals surface area contributed by atoms with Gasteiger partial charge in [-0.05, 0) is 42.0 Å². The van der Waals surface area contributed by atoms with Crippen molar-refractivity contribution in [3.05, 3.63) is 54.0 Å². The first-order chi connectivity index (χ1) is 10.2. The molecule has 2 heterocycles. The van der Waals surface area contributed by atoms with Gasteiger partial charge in [0.2, 0.25) is 0 Å². The SMILES string of the molecule is CCC(N)Cc1ccc2ccn(Cc3ccn(C)n3)c2c1. The summed E-state index contributed by atoms with van der Waals surface area (Å²) in [5.74, 6) is 0. The van der Waals surface area contributed by atoms with Crippen LogP contribution in [0.2, 0.25) is 0 Å². The predicted molar refractivity (Wildman–Crippen MR) is 86.2 cm³/mol. The van der Waals surface area contributed by atoms with Gasteiger partial charge in [0.15, 0.2) is 0 Å². The number of aromatic nitrogens is 3. The number of fused-ring (bicyclic) bond motifs is 1. The molecule has 0 saturated heterocycles. The molecule has 0 bridgehead atoms. The molecule has 0 radical (unpaired) electrons. The fraction of sp³-hybridized carbons (Fsp3) is 0.353. The normalized spacial score (nSPS) is 12.9. The third-order valence-corrected chi connectivity index (χ3v) is 3.96. The maximum Gasteiger partial charge on any atom is 0.0821 e.